The second kappa shape index (κ2) is 2.11. The van der Waals surface area contributed by atoms with Crippen molar-refractivity contribution in [2.75, 3.05) is 13.6 Å². The van der Waals surface area contributed by atoms with Gasteiger partial charge < -0.3 is 0 Å². The van der Waals surface area contributed by atoms with Gasteiger partial charge in [0.2, 0.25) is 10.0 Å². The molecule has 0 atom stereocenters. The van der Waals surface area contributed by atoms with Crippen LogP contribution in [0.25, 0.3) is 0 Å². The summed E-state index contributed by atoms with van der Waals surface area (Å²) < 4.78 is 23.0. The molecule has 1 aliphatic rings. The van der Waals surface area contributed by atoms with Gasteiger partial charge in [0.25, 0.3) is 0 Å². The van der Waals surface area contributed by atoms with E-state index >= 15 is 0 Å². The lowest BCUT2D eigenvalue weighted by atomic mass is 10.4. The average Bonchev–Trinajstić information content (AvgIpc) is 1.77. The van der Waals surface area contributed by atoms with E-state index in [1.54, 1.807) is 13.1 Å². The Hall–Kier alpha value is -0.350. The van der Waals surface area contributed by atoms with Crippen LogP contribution in [-0.2, 0) is 10.0 Å². The molecule has 0 fully saturated rings. The van der Waals surface area contributed by atoms with Gasteiger partial charge in [-0.15, -0.1) is 0 Å². The maximum Gasteiger partial charge on any atom is 0.235 e. The molecule has 0 N–H and O–H groups in total. The summed E-state index contributed by atoms with van der Waals surface area (Å²) in [5, 5.41) is 1.25. The Morgan fingerprint density at radius 3 is 2.56 bits per heavy atom. The molecule has 0 saturated carbocycles. The molecule has 1 rings (SSSR count). The Labute approximate surface area is 55.0 Å². The molecule has 0 aromatic carbocycles. The molecule has 0 aromatic heterocycles. The lowest BCUT2D eigenvalue weighted by molar-refractivity contribution is 0.477. The van der Waals surface area contributed by atoms with Gasteiger partial charge in [-0.3, -0.25) is 0 Å². The third-order valence-corrected chi connectivity index (χ3v) is 2.90. The highest BCUT2D eigenvalue weighted by atomic mass is 32.2. The highest BCUT2D eigenvalue weighted by Crippen LogP contribution is 2.07. The lowest BCUT2D eigenvalue weighted by Gasteiger charge is -2.16. The Kier molecular flexibility index (Phi) is 1.59. The van der Waals surface area contributed by atoms with E-state index in [4.69, 9.17) is 0 Å². The Morgan fingerprint density at radius 1 is 1.56 bits per heavy atom. The minimum atomic E-state index is -3.01. The van der Waals surface area contributed by atoms with Gasteiger partial charge in [0.1, 0.15) is 0 Å². The standard InChI is InChI=1S/C5H9NO2S/c1-6-4-2-3-5-9(6,7)8/h3,5H,2,4H2,1H3. The van der Waals surface area contributed by atoms with Crippen molar-refractivity contribution in [3.05, 3.63) is 11.5 Å². The summed E-state index contributed by atoms with van der Waals surface area (Å²) in [6, 6.07) is 0. The third-order valence-electron chi connectivity index (χ3n) is 1.31. The summed E-state index contributed by atoms with van der Waals surface area (Å²) in [4.78, 5) is 0. The van der Waals surface area contributed by atoms with Crippen molar-refractivity contribution in [3.8, 4) is 0 Å². The number of hydrogen-bond acceptors (Lipinski definition) is 2. The second-order valence-corrected chi connectivity index (χ2v) is 3.95. The molecule has 0 saturated heterocycles. The van der Waals surface area contributed by atoms with E-state index in [0.29, 0.717) is 6.54 Å². The monoisotopic (exact) mass is 147 g/mol. The predicted octanol–water partition coefficient (Wildman–Crippen LogP) is 0.165. The molecule has 0 aromatic rings. The molecule has 0 radical (unpaired) electrons. The summed E-state index contributed by atoms with van der Waals surface area (Å²) in [5.74, 6) is 0. The second-order valence-electron chi connectivity index (χ2n) is 2.03. The van der Waals surface area contributed by atoms with E-state index in [1.807, 2.05) is 0 Å². The first-order valence-electron chi connectivity index (χ1n) is 2.76. The van der Waals surface area contributed by atoms with E-state index in [1.165, 1.54) is 9.71 Å². The van der Waals surface area contributed by atoms with Gasteiger partial charge in [-0.2, -0.15) is 0 Å². The van der Waals surface area contributed by atoms with Crippen molar-refractivity contribution in [3.63, 3.8) is 0 Å². The molecule has 0 spiro atoms. The number of sulfonamides is 1. The topological polar surface area (TPSA) is 37.4 Å². The molecule has 1 heterocycles. The van der Waals surface area contributed by atoms with Gasteiger partial charge >= 0.3 is 0 Å². The van der Waals surface area contributed by atoms with Gasteiger partial charge in [-0.25, -0.2) is 12.7 Å². The molecule has 9 heavy (non-hydrogen) atoms. The Balaban J connectivity index is 2.95. The first-order chi connectivity index (χ1) is 4.13. The van der Waals surface area contributed by atoms with Crippen molar-refractivity contribution in [2.45, 2.75) is 6.42 Å². The molecule has 0 amide bonds. The Bertz CT molecular complexity index is 217. The SMILES string of the molecule is CN1CCC=CS1(=O)=O. The van der Waals surface area contributed by atoms with Gasteiger partial charge in [-0.1, -0.05) is 6.08 Å². The highest BCUT2D eigenvalue weighted by molar-refractivity contribution is 7.92. The molecule has 3 nitrogen and oxygen atoms in total. The smallest absolute Gasteiger partial charge is 0.208 e. The largest absolute Gasteiger partial charge is 0.235 e. The van der Waals surface area contributed by atoms with Crippen molar-refractivity contribution < 1.29 is 8.42 Å². The summed E-state index contributed by atoms with van der Waals surface area (Å²) in [5.41, 5.74) is 0. The fourth-order valence-electron chi connectivity index (χ4n) is 0.677. The van der Waals surface area contributed by atoms with E-state index in [-0.39, 0.29) is 0 Å². The molecule has 0 unspecified atom stereocenters. The van der Waals surface area contributed by atoms with Gasteiger partial charge in [-0.05, 0) is 6.42 Å². The molecular formula is C5H9NO2S. The van der Waals surface area contributed by atoms with Crippen LogP contribution in [0.1, 0.15) is 6.42 Å². The molecule has 52 valence electrons. The Morgan fingerprint density at radius 2 is 2.22 bits per heavy atom. The lowest BCUT2D eigenvalue weighted by Crippen LogP contribution is -2.28. The fourth-order valence-corrected chi connectivity index (χ4v) is 1.62. The number of rotatable bonds is 0. The van der Waals surface area contributed by atoms with Crippen molar-refractivity contribution in [1.82, 2.24) is 4.31 Å². The first kappa shape index (κ1) is 6.77. The zero-order valence-corrected chi connectivity index (χ0v) is 6.06. The number of nitrogens with zero attached hydrogens (tertiary/aromatic N) is 1. The normalized spacial score (nSPS) is 26.3. The van der Waals surface area contributed by atoms with Crippen LogP contribution in [0.15, 0.2) is 11.5 Å². The van der Waals surface area contributed by atoms with Crippen molar-refractivity contribution >= 4 is 10.0 Å². The highest BCUT2D eigenvalue weighted by Gasteiger charge is 2.15. The molecule has 0 bridgehead atoms. The third kappa shape index (κ3) is 1.31. The first-order valence-corrected chi connectivity index (χ1v) is 4.26. The summed E-state index contributed by atoms with van der Waals surface area (Å²) in [6.07, 6.45) is 2.51. The van der Waals surface area contributed by atoms with Crippen LogP contribution in [-0.4, -0.2) is 26.3 Å². The van der Waals surface area contributed by atoms with E-state index < -0.39 is 10.0 Å². The average molecular weight is 147 g/mol. The summed E-state index contributed by atoms with van der Waals surface area (Å²) >= 11 is 0. The van der Waals surface area contributed by atoms with Gasteiger partial charge in [0.05, 0.1) is 0 Å². The predicted molar refractivity (Wildman–Crippen MR) is 35.3 cm³/mol. The van der Waals surface area contributed by atoms with Crippen molar-refractivity contribution in [2.24, 2.45) is 0 Å². The molecule has 0 aliphatic carbocycles. The maximum atomic E-state index is 10.8. The summed E-state index contributed by atoms with van der Waals surface area (Å²) in [6.45, 7) is 0.610. The molecular weight excluding hydrogens is 138 g/mol. The molecule has 1 aliphatic heterocycles. The fraction of sp³-hybridized carbons (Fsp3) is 0.600. The van der Waals surface area contributed by atoms with E-state index in [9.17, 15) is 8.42 Å². The van der Waals surface area contributed by atoms with Gasteiger partial charge in [0, 0.05) is 19.0 Å². The zero-order chi connectivity index (χ0) is 6.91. The van der Waals surface area contributed by atoms with Crippen LogP contribution in [0.2, 0.25) is 0 Å². The maximum absolute atomic E-state index is 10.8. The van der Waals surface area contributed by atoms with Gasteiger partial charge in [0.15, 0.2) is 0 Å². The summed E-state index contributed by atoms with van der Waals surface area (Å²) in [7, 11) is -1.43. The minimum absolute atomic E-state index is 0.610. The van der Waals surface area contributed by atoms with Crippen LogP contribution in [0.5, 0.6) is 0 Å². The van der Waals surface area contributed by atoms with Crippen LogP contribution >= 0.6 is 0 Å². The quantitative estimate of drug-likeness (QED) is 0.489. The van der Waals surface area contributed by atoms with E-state index in [2.05, 4.69) is 0 Å². The van der Waals surface area contributed by atoms with Crippen LogP contribution in [0, 0.1) is 0 Å². The van der Waals surface area contributed by atoms with Crippen LogP contribution in [0.3, 0.4) is 0 Å². The van der Waals surface area contributed by atoms with Crippen LogP contribution in [0.4, 0.5) is 0 Å². The zero-order valence-electron chi connectivity index (χ0n) is 5.24. The van der Waals surface area contributed by atoms with Crippen molar-refractivity contribution in [1.29, 1.82) is 0 Å². The van der Waals surface area contributed by atoms with E-state index in [0.717, 1.165) is 6.42 Å². The molecule has 4 heteroatoms. The van der Waals surface area contributed by atoms with Crippen LogP contribution < -0.4 is 0 Å². The number of hydrogen-bond donors (Lipinski definition) is 0. The minimum Gasteiger partial charge on any atom is -0.208 e.